The summed E-state index contributed by atoms with van der Waals surface area (Å²) in [4.78, 5) is 127. The zero-order valence-corrected chi connectivity index (χ0v) is 68.3. The lowest BCUT2D eigenvalue weighted by Gasteiger charge is -2.47. The molecule has 37 nitrogen and oxygen atoms in total. The van der Waals surface area contributed by atoms with Crippen LogP contribution < -0.4 is 73.9 Å². The van der Waals surface area contributed by atoms with E-state index in [1.807, 2.05) is 38.1 Å². The Hall–Kier alpha value is -10.9. The maximum absolute atomic E-state index is 16.6. The van der Waals surface area contributed by atoms with Crippen LogP contribution in [-0.4, -0.2) is 221 Å². The van der Waals surface area contributed by atoms with E-state index < -0.39 is 245 Å². The molecule has 11 bridgehead atoms. The van der Waals surface area contributed by atoms with Crippen molar-refractivity contribution in [2.75, 3.05) is 13.7 Å². The standard InChI is InChI=1S/C84H101ClN12O25/c1-34(2)21-50(89-8)75(108)96-65-67(103)40-16-20-54(48(85)24-40)118-56-26-41-25-55(71(56)122-82-72(69(105)68(104)57(33-98)119-82)121-60-31-84(7,88)74(107)37(5)116-60)117-44-17-13-38(14-18-44)70(120-59-30-83(6,87)73(106)36(4)115-59)66-81(114)95-64(79(112)91-35(3)22-42-32-90-49-12-10-9-11-45(42)49)47-27-43(99)28-53(101)61(47)46-23-39(15-19-52(46)100)62(77(110)97-66)94-78(111)63(41)93-76(109)51(29-58(86)102)92-80(65)113/h9-20,23-28,32,34-37,50-51,57,59-60,62-70,72-74,82,89-90,98-101,103-107H,21-22,29-31,33,87-88H2,1-8H3,(H2,86,102)(H,91,112)(H,92,113)(H,93,109)(H,94,111)(H,95,114)(H,96,108)(H,97,110)/t35?,36-,37-,50+,51-,57+,59-,60-,62+,63+,64-,65+,66-,67+,68+,69-,70+,72+,73-,74-,82-,83-,84-/m0/s1. The van der Waals surface area contributed by atoms with Crippen LogP contribution >= 0.6 is 11.6 Å². The van der Waals surface area contributed by atoms with E-state index in [9.17, 15) is 55.5 Å². The molecule has 8 amide bonds. The Morgan fingerprint density at radius 2 is 1.30 bits per heavy atom. The molecular weight excluding hydrogens is 1610 g/mol. The van der Waals surface area contributed by atoms with E-state index >= 15 is 28.8 Å². The topological polar surface area (TPSA) is 583 Å². The van der Waals surface area contributed by atoms with E-state index in [4.69, 9.17) is 66.7 Å². The molecule has 1 aromatic heterocycles. The first-order chi connectivity index (χ1) is 57.8. The normalized spacial score (nSPS) is 30.5. The van der Waals surface area contributed by atoms with Gasteiger partial charge in [0.1, 0.15) is 95.5 Å². The average Bonchev–Trinajstić information content (AvgIpc) is 0.901. The zero-order chi connectivity index (χ0) is 88.0. The third kappa shape index (κ3) is 19.0. The number of aliphatic hydroxyl groups excluding tert-OH is 6. The largest absolute Gasteiger partial charge is 0.508 e. The van der Waals surface area contributed by atoms with Gasteiger partial charge in [0, 0.05) is 64.3 Å². The molecule has 8 aliphatic rings. The zero-order valence-electron chi connectivity index (χ0n) is 67.6. The monoisotopic (exact) mass is 1710 g/mol. The number of para-hydroxylation sites is 1. The number of fused-ring (bicyclic) bond motifs is 16. The lowest BCUT2D eigenvalue weighted by molar-refractivity contribution is -0.333. The van der Waals surface area contributed by atoms with Crippen molar-refractivity contribution in [1.29, 1.82) is 0 Å². The summed E-state index contributed by atoms with van der Waals surface area (Å²) >= 11 is 7.19. The van der Waals surface area contributed by atoms with Gasteiger partial charge in [0.2, 0.25) is 59.3 Å². The van der Waals surface area contributed by atoms with Gasteiger partial charge in [-0.1, -0.05) is 67.9 Å². The molecule has 0 saturated carbocycles. The molecule has 3 fully saturated rings. The molecule has 0 aliphatic carbocycles. The van der Waals surface area contributed by atoms with Crippen LogP contribution in [0.3, 0.4) is 0 Å². The minimum Gasteiger partial charge on any atom is -0.508 e. The number of likely N-dealkylation sites (N-methyl/N-ethyl adjacent to an activating group) is 1. The minimum absolute atomic E-state index is 0.00107. The van der Waals surface area contributed by atoms with Gasteiger partial charge in [-0.2, -0.15) is 0 Å². The molecular formula is C84H101ClN12O25. The molecule has 122 heavy (non-hydrogen) atoms. The summed E-state index contributed by atoms with van der Waals surface area (Å²) in [5.41, 5.74) is 15.9. The number of aromatic nitrogens is 1. The van der Waals surface area contributed by atoms with Crippen molar-refractivity contribution in [3.05, 3.63) is 154 Å². The van der Waals surface area contributed by atoms with Crippen LogP contribution in [0.2, 0.25) is 5.02 Å². The number of amides is 8. The second kappa shape index (κ2) is 36.3. The Labute approximate surface area is 703 Å². The van der Waals surface area contributed by atoms with Crippen molar-refractivity contribution in [2.45, 2.75) is 220 Å². The highest BCUT2D eigenvalue weighted by molar-refractivity contribution is 6.32. The van der Waals surface area contributed by atoms with Gasteiger partial charge in [0.25, 0.3) is 0 Å². The highest BCUT2D eigenvalue weighted by Crippen LogP contribution is 2.50. The number of hydrogen-bond acceptors (Lipinski definition) is 28. The fourth-order valence-electron chi connectivity index (χ4n) is 16.2. The van der Waals surface area contributed by atoms with Gasteiger partial charge in [-0.25, -0.2) is 0 Å². The summed E-state index contributed by atoms with van der Waals surface area (Å²) < 4.78 is 52.4. The second-order valence-electron chi connectivity index (χ2n) is 32.8. The summed E-state index contributed by atoms with van der Waals surface area (Å²) in [5, 5.41) is 127. The van der Waals surface area contributed by atoms with E-state index in [-0.39, 0.29) is 75.9 Å². The summed E-state index contributed by atoms with van der Waals surface area (Å²) in [7, 11) is 1.49. The summed E-state index contributed by atoms with van der Waals surface area (Å²) in [6.45, 7) is 10.4. The predicted octanol–water partition coefficient (Wildman–Crippen LogP) is 1.83. The van der Waals surface area contributed by atoms with Gasteiger partial charge in [-0.05, 0) is 154 Å². The van der Waals surface area contributed by atoms with E-state index in [0.717, 1.165) is 65.0 Å². The number of ether oxygens (including phenoxy) is 8. The van der Waals surface area contributed by atoms with Crippen LogP contribution in [0.25, 0.3) is 22.0 Å². The Balaban J connectivity index is 1.04. The Bertz CT molecular complexity index is 5110. The molecule has 0 radical (unpaired) electrons. The van der Waals surface area contributed by atoms with Crippen molar-refractivity contribution in [1.82, 2.24) is 47.5 Å². The molecule has 24 N–H and O–H groups in total. The van der Waals surface area contributed by atoms with Crippen LogP contribution in [0.1, 0.15) is 138 Å². The summed E-state index contributed by atoms with van der Waals surface area (Å²) in [6, 6.07) is 9.29. The third-order valence-corrected chi connectivity index (χ3v) is 23.0. The molecule has 23 atom stereocenters. The van der Waals surface area contributed by atoms with Gasteiger partial charge in [0.05, 0.1) is 48.5 Å². The van der Waals surface area contributed by atoms with E-state index in [0.29, 0.717) is 0 Å². The Morgan fingerprint density at radius 1 is 0.672 bits per heavy atom. The van der Waals surface area contributed by atoms with E-state index in [2.05, 4.69) is 47.5 Å². The first-order valence-electron chi connectivity index (χ1n) is 39.8. The molecule has 8 aliphatic heterocycles. The first kappa shape index (κ1) is 88.9. The van der Waals surface area contributed by atoms with E-state index in [1.54, 1.807) is 13.1 Å². The fourth-order valence-corrected chi connectivity index (χ4v) is 16.5. The van der Waals surface area contributed by atoms with Crippen molar-refractivity contribution >= 4 is 69.8 Å². The summed E-state index contributed by atoms with van der Waals surface area (Å²) in [5.74, 6) is -14.1. The molecule has 6 aromatic carbocycles. The van der Waals surface area contributed by atoms with Crippen molar-refractivity contribution in [2.24, 2.45) is 23.1 Å². The van der Waals surface area contributed by atoms with Crippen LogP contribution in [0, 0.1) is 5.92 Å². The van der Waals surface area contributed by atoms with Gasteiger partial charge in [-0.15, -0.1) is 0 Å². The first-order valence-corrected chi connectivity index (χ1v) is 40.1. The van der Waals surface area contributed by atoms with Crippen LogP contribution in [-0.2, 0) is 68.5 Å². The third-order valence-electron chi connectivity index (χ3n) is 22.7. The number of carbonyl (C=O) groups excluding carboxylic acids is 8. The molecule has 3 saturated heterocycles. The Morgan fingerprint density at radius 3 is 1.95 bits per heavy atom. The predicted molar refractivity (Wildman–Crippen MR) is 433 cm³/mol. The van der Waals surface area contributed by atoms with Gasteiger partial charge < -0.3 is 149 Å². The molecule has 15 rings (SSSR count). The SMILES string of the molecule is CN[C@H](CC(C)C)C(=O)N[C@H]1C(=O)N[C@@H](CC(N)=O)C(=O)N[C@H]2C(=O)N[C@H]3C(=O)N[C@H](C(=O)N[C@H](C(=O)NC(C)Cc4c[nH]c5ccccc45)c4cc(O)cc(O)c4-c4cc3ccc4O)[C@H](O[C@H]3C[C@](C)(N)[C@@H](O)[C@H](C)O3)c3ccc(cc3)Oc3cc2cc(c3O[C@@H]2O[C@H](CO)[C@@H](O)[C@H](O)[C@H]2O[C@H]2C[C@](C)(N)[C@@H](O)[C@H](C)O2)Oc2ccc(cc2Cl)[C@H]1O. The van der Waals surface area contributed by atoms with Crippen LogP contribution in [0.4, 0.5) is 0 Å². The number of aromatic amines is 1. The molecule has 0 spiro atoms. The number of nitrogens with one attached hydrogen (secondary N) is 9. The number of aromatic hydroxyl groups is 3. The van der Waals surface area contributed by atoms with Crippen molar-refractivity contribution in [3.63, 3.8) is 0 Å². The van der Waals surface area contributed by atoms with Crippen LogP contribution in [0.5, 0.6) is 46.0 Å². The number of H-pyrrole nitrogens is 1. The van der Waals surface area contributed by atoms with Crippen LogP contribution in [0.15, 0.2) is 115 Å². The van der Waals surface area contributed by atoms with Gasteiger partial charge >= 0.3 is 0 Å². The number of primary amides is 1. The number of benzene rings is 6. The quantitative estimate of drug-likeness (QED) is 0.0583. The molecule has 7 aromatic rings. The number of carbonyl (C=O) groups is 8. The number of halogens is 1. The number of aliphatic hydroxyl groups is 6. The molecule has 9 heterocycles. The average molecular weight is 1710 g/mol. The molecule has 1 unspecified atom stereocenters. The van der Waals surface area contributed by atoms with E-state index in [1.165, 1.54) is 71.1 Å². The summed E-state index contributed by atoms with van der Waals surface area (Å²) in [6.07, 6.45) is -20.3. The number of nitrogens with two attached hydrogens (primary N) is 3. The smallest absolute Gasteiger partial charge is 0.248 e. The number of hydrogen-bond donors (Lipinski definition) is 21. The lowest BCUT2D eigenvalue weighted by atomic mass is 9.86. The minimum atomic E-state index is -2.34. The molecule has 38 heteroatoms. The van der Waals surface area contributed by atoms with Crippen molar-refractivity contribution in [3.8, 4) is 57.1 Å². The highest BCUT2D eigenvalue weighted by Gasteiger charge is 2.53. The highest BCUT2D eigenvalue weighted by atomic mass is 35.5. The second-order valence-corrected chi connectivity index (χ2v) is 33.2. The Kier molecular flexibility index (Phi) is 26.5. The lowest BCUT2D eigenvalue weighted by Crippen LogP contribution is -2.64. The van der Waals surface area contributed by atoms with Gasteiger partial charge in [-0.3, -0.25) is 38.4 Å². The number of phenolic OH excluding ortho intramolecular Hbond substituents is 3. The van der Waals surface area contributed by atoms with Crippen molar-refractivity contribution < 1.29 is 122 Å². The fraction of sp³-hybridized carbons (Fsp3) is 0.452. The maximum Gasteiger partial charge on any atom is 0.248 e. The maximum atomic E-state index is 16.6. The number of phenols is 3. The van der Waals surface area contributed by atoms with Gasteiger partial charge in [0.15, 0.2) is 30.2 Å². The number of rotatable bonds is 18. The molecule has 654 valence electrons.